The largest absolute Gasteiger partial charge is 0.480 e. The van der Waals surface area contributed by atoms with Crippen molar-refractivity contribution in [1.29, 1.82) is 0 Å². The Morgan fingerprint density at radius 1 is 1.67 bits per heavy atom. The number of hydrogen-bond acceptors (Lipinski definition) is 4. The van der Waals surface area contributed by atoms with Crippen molar-refractivity contribution in [3.8, 4) is 0 Å². The molecule has 6 nitrogen and oxygen atoms in total. The Balaban J connectivity index is 2.46. The van der Waals surface area contributed by atoms with Gasteiger partial charge in [0.25, 0.3) is 0 Å². The number of carboxylic acids is 1. The molecule has 1 amide bonds. The standard InChI is InChI=1S/C9H12N2O4/c1-5-3-7(15-11-5)4-8(12)10-6(2)9(13)14/h3,6H,4H2,1-2H3,(H,10,12)(H,13,14)/t6-/m0/s1. The first-order valence-corrected chi connectivity index (χ1v) is 4.43. The third-order valence-corrected chi connectivity index (χ3v) is 1.76. The summed E-state index contributed by atoms with van der Waals surface area (Å²) in [6.07, 6.45) is -0.00153. The molecule has 15 heavy (non-hydrogen) atoms. The molecule has 1 heterocycles. The molecule has 0 aliphatic rings. The molecule has 1 aromatic heterocycles. The second-order valence-corrected chi connectivity index (χ2v) is 3.24. The topological polar surface area (TPSA) is 92.4 Å². The molecular weight excluding hydrogens is 200 g/mol. The van der Waals surface area contributed by atoms with Gasteiger partial charge in [-0.25, -0.2) is 0 Å². The molecule has 0 fully saturated rings. The van der Waals surface area contributed by atoms with Crippen molar-refractivity contribution in [1.82, 2.24) is 10.5 Å². The zero-order chi connectivity index (χ0) is 11.4. The van der Waals surface area contributed by atoms with Crippen LogP contribution in [0.4, 0.5) is 0 Å². The number of carbonyl (C=O) groups is 2. The fourth-order valence-corrected chi connectivity index (χ4v) is 1.01. The second-order valence-electron chi connectivity index (χ2n) is 3.24. The van der Waals surface area contributed by atoms with E-state index in [2.05, 4.69) is 10.5 Å². The van der Waals surface area contributed by atoms with Crippen LogP contribution in [0.15, 0.2) is 10.6 Å². The Morgan fingerprint density at radius 2 is 2.33 bits per heavy atom. The van der Waals surface area contributed by atoms with Gasteiger partial charge in [-0.1, -0.05) is 5.16 Å². The highest BCUT2D eigenvalue weighted by atomic mass is 16.5. The smallest absolute Gasteiger partial charge is 0.325 e. The summed E-state index contributed by atoms with van der Waals surface area (Å²) in [5.41, 5.74) is 0.684. The van der Waals surface area contributed by atoms with Crippen LogP contribution in [0.5, 0.6) is 0 Å². The molecule has 1 atom stereocenters. The summed E-state index contributed by atoms with van der Waals surface area (Å²) in [7, 11) is 0. The van der Waals surface area contributed by atoms with E-state index in [1.54, 1.807) is 13.0 Å². The Hall–Kier alpha value is -1.85. The van der Waals surface area contributed by atoms with Crippen LogP contribution in [0, 0.1) is 6.92 Å². The lowest BCUT2D eigenvalue weighted by Gasteiger charge is -2.07. The SMILES string of the molecule is Cc1cc(CC(=O)N[C@@H](C)C(=O)O)on1. The summed E-state index contributed by atoms with van der Waals surface area (Å²) in [6.45, 7) is 3.14. The van der Waals surface area contributed by atoms with Crippen molar-refractivity contribution in [3.63, 3.8) is 0 Å². The summed E-state index contributed by atoms with van der Waals surface area (Å²) >= 11 is 0. The highest BCUT2D eigenvalue weighted by Gasteiger charge is 2.15. The summed E-state index contributed by atoms with van der Waals surface area (Å²) in [6, 6.07) is 0.729. The van der Waals surface area contributed by atoms with Crippen molar-refractivity contribution < 1.29 is 19.2 Å². The van der Waals surface area contributed by atoms with Gasteiger partial charge in [0, 0.05) is 6.07 Å². The molecule has 0 spiro atoms. The van der Waals surface area contributed by atoms with E-state index in [9.17, 15) is 9.59 Å². The van der Waals surface area contributed by atoms with Crippen molar-refractivity contribution in [2.75, 3.05) is 0 Å². The van der Waals surface area contributed by atoms with Crippen molar-refractivity contribution in [3.05, 3.63) is 17.5 Å². The van der Waals surface area contributed by atoms with Gasteiger partial charge in [-0.05, 0) is 13.8 Å². The second kappa shape index (κ2) is 4.59. The molecule has 82 valence electrons. The lowest BCUT2D eigenvalue weighted by molar-refractivity contribution is -0.141. The van der Waals surface area contributed by atoms with Gasteiger partial charge in [-0.3, -0.25) is 9.59 Å². The van der Waals surface area contributed by atoms with E-state index in [1.165, 1.54) is 6.92 Å². The van der Waals surface area contributed by atoms with E-state index in [0.29, 0.717) is 11.5 Å². The normalized spacial score (nSPS) is 12.1. The number of aliphatic carboxylic acids is 1. The van der Waals surface area contributed by atoms with Gasteiger partial charge in [0.15, 0.2) is 0 Å². The van der Waals surface area contributed by atoms with Gasteiger partial charge in [-0.15, -0.1) is 0 Å². The van der Waals surface area contributed by atoms with Crippen molar-refractivity contribution >= 4 is 11.9 Å². The molecule has 0 aromatic carbocycles. The van der Waals surface area contributed by atoms with Crippen LogP contribution in [-0.2, 0) is 16.0 Å². The number of rotatable bonds is 4. The number of aryl methyl sites for hydroxylation is 1. The summed E-state index contributed by atoms with van der Waals surface area (Å²) in [5.74, 6) is -1.05. The molecule has 0 saturated heterocycles. The summed E-state index contributed by atoms with van der Waals surface area (Å²) < 4.78 is 4.82. The highest BCUT2D eigenvalue weighted by Crippen LogP contribution is 2.02. The van der Waals surface area contributed by atoms with Gasteiger partial charge < -0.3 is 14.9 Å². The van der Waals surface area contributed by atoms with Gasteiger partial charge in [0.1, 0.15) is 11.8 Å². The van der Waals surface area contributed by atoms with Crippen LogP contribution in [0.2, 0.25) is 0 Å². The maximum Gasteiger partial charge on any atom is 0.325 e. The molecule has 1 rings (SSSR count). The molecule has 1 aromatic rings. The lowest BCUT2D eigenvalue weighted by atomic mass is 10.2. The average Bonchev–Trinajstić information content (AvgIpc) is 2.50. The van der Waals surface area contributed by atoms with Gasteiger partial charge in [-0.2, -0.15) is 0 Å². The van der Waals surface area contributed by atoms with Crippen LogP contribution >= 0.6 is 0 Å². The molecule has 0 aliphatic carbocycles. The van der Waals surface area contributed by atoms with E-state index >= 15 is 0 Å². The van der Waals surface area contributed by atoms with Crippen molar-refractivity contribution in [2.24, 2.45) is 0 Å². The number of hydrogen-bond donors (Lipinski definition) is 2. The Labute approximate surface area is 86.3 Å². The predicted molar refractivity (Wildman–Crippen MR) is 50.2 cm³/mol. The molecule has 0 saturated carbocycles. The van der Waals surface area contributed by atoms with Crippen LogP contribution in [-0.4, -0.2) is 28.2 Å². The minimum atomic E-state index is -1.07. The molecule has 0 aliphatic heterocycles. The van der Waals surface area contributed by atoms with Crippen molar-refractivity contribution in [2.45, 2.75) is 26.3 Å². The number of carbonyl (C=O) groups excluding carboxylic acids is 1. The third kappa shape index (κ3) is 3.41. The maximum absolute atomic E-state index is 11.3. The number of nitrogens with one attached hydrogen (secondary N) is 1. The number of aromatic nitrogens is 1. The number of carboxylic acid groups (broad SMARTS) is 1. The van der Waals surface area contributed by atoms with Gasteiger partial charge >= 0.3 is 5.97 Å². The fourth-order valence-electron chi connectivity index (χ4n) is 1.01. The van der Waals surface area contributed by atoms with Crippen LogP contribution in [0.25, 0.3) is 0 Å². The van der Waals surface area contributed by atoms with Crippen LogP contribution in [0.3, 0.4) is 0 Å². The first-order valence-electron chi connectivity index (χ1n) is 4.43. The zero-order valence-corrected chi connectivity index (χ0v) is 8.48. The quantitative estimate of drug-likeness (QED) is 0.739. The fraction of sp³-hybridized carbons (Fsp3) is 0.444. The average molecular weight is 212 g/mol. The molecule has 0 bridgehead atoms. The molecule has 0 unspecified atom stereocenters. The molecule has 6 heteroatoms. The summed E-state index contributed by atoms with van der Waals surface area (Å²) in [4.78, 5) is 21.7. The zero-order valence-electron chi connectivity index (χ0n) is 8.48. The maximum atomic E-state index is 11.3. The van der Waals surface area contributed by atoms with Gasteiger partial charge in [0.2, 0.25) is 5.91 Å². The predicted octanol–water partition coefficient (Wildman–Crippen LogP) is 0.115. The molecular formula is C9H12N2O4. The Morgan fingerprint density at radius 3 is 2.80 bits per heavy atom. The third-order valence-electron chi connectivity index (χ3n) is 1.76. The Bertz CT molecular complexity index is 372. The highest BCUT2D eigenvalue weighted by molar-refractivity contribution is 5.84. The van der Waals surface area contributed by atoms with E-state index < -0.39 is 17.9 Å². The number of amides is 1. The number of nitrogens with zero attached hydrogens (tertiary/aromatic N) is 1. The lowest BCUT2D eigenvalue weighted by Crippen LogP contribution is -2.39. The monoisotopic (exact) mass is 212 g/mol. The summed E-state index contributed by atoms with van der Waals surface area (Å²) in [5, 5.41) is 14.5. The van der Waals surface area contributed by atoms with Crippen LogP contribution in [0.1, 0.15) is 18.4 Å². The first-order chi connectivity index (χ1) is 6.99. The van der Waals surface area contributed by atoms with E-state index in [4.69, 9.17) is 9.63 Å². The van der Waals surface area contributed by atoms with E-state index in [-0.39, 0.29) is 6.42 Å². The Kier molecular flexibility index (Phi) is 3.43. The van der Waals surface area contributed by atoms with E-state index in [0.717, 1.165) is 0 Å². The van der Waals surface area contributed by atoms with Gasteiger partial charge in [0.05, 0.1) is 12.1 Å². The molecule has 0 radical (unpaired) electrons. The minimum absolute atomic E-state index is 0.00153. The molecule has 2 N–H and O–H groups in total. The minimum Gasteiger partial charge on any atom is -0.480 e. The first kappa shape index (κ1) is 11.2. The van der Waals surface area contributed by atoms with E-state index in [1.807, 2.05) is 0 Å². The van der Waals surface area contributed by atoms with Crippen LogP contribution < -0.4 is 5.32 Å².